The Morgan fingerprint density at radius 3 is 2.40 bits per heavy atom. The first kappa shape index (κ1) is 20.9. The molecule has 7 nitrogen and oxygen atoms in total. The number of hydrogen-bond acceptors (Lipinski definition) is 5. The lowest BCUT2D eigenvalue weighted by Crippen LogP contribution is -2.36. The molecule has 0 aliphatic carbocycles. The molecule has 1 amide bonds. The van der Waals surface area contributed by atoms with Crippen LogP contribution in [0.4, 0.5) is 5.69 Å². The van der Waals surface area contributed by atoms with Crippen molar-refractivity contribution in [3.05, 3.63) is 88.5 Å². The van der Waals surface area contributed by atoms with E-state index in [0.717, 1.165) is 5.56 Å². The Morgan fingerprint density at radius 2 is 1.77 bits per heavy atom. The van der Waals surface area contributed by atoms with Gasteiger partial charge in [0.2, 0.25) is 0 Å². The Kier molecular flexibility index (Phi) is 6.64. The molecule has 1 unspecified atom stereocenters. The highest BCUT2D eigenvalue weighted by atomic mass is 16.6. The number of amides is 1. The Bertz CT molecular complexity index is 1020. The molecule has 1 N–H and O–H groups in total. The number of carbonyl (C=O) groups is 1. The van der Waals surface area contributed by atoms with Crippen LogP contribution in [0.1, 0.15) is 12.5 Å². The van der Waals surface area contributed by atoms with E-state index in [1.807, 2.05) is 30.3 Å². The zero-order chi connectivity index (χ0) is 21.5. The molecule has 30 heavy (non-hydrogen) atoms. The number of nitro groups is 1. The fourth-order valence-corrected chi connectivity index (χ4v) is 2.90. The Labute approximate surface area is 174 Å². The molecule has 0 heterocycles. The molecule has 0 radical (unpaired) electrons. The van der Waals surface area contributed by atoms with Crippen molar-refractivity contribution in [2.24, 2.45) is 0 Å². The highest BCUT2D eigenvalue weighted by Crippen LogP contribution is 2.35. The zero-order valence-corrected chi connectivity index (χ0v) is 16.7. The summed E-state index contributed by atoms with van der Waals surface area (Å²) in [4.78, 5) is 23.2. The van der Waals surface area contributed by atoms with E-state index in [2.05, 4.69) is 5.32 Å². The molecule has 0 spiro atoms. The predicted molar refractivity (Wildman–Crippen MR) is 113 cm³/mol. The molecule has 0 bridgehead atoms. The summed E-state index contributed by atoms with van der Waals surface area (Å²) in [5, 5.41) is 14.1. The summed E-state index contributed by atoms with van der Waals surface area (Å²) in [6.07, 6.45) is -0.785. The summed E-state index contributed by atoms with van der Waals surface area (Å²) in [5.74, 6) is 0.770. The van der Waals surface area contributed by atoms with Gasteiger partial charge in [-0.15, -0.1) is 0 Å². The van der Waals surface area contributed by atoms with Crippen LogP contribution < -0.4 is 14.8 Å². The number of rotatable bonds is 8. The van der Waals surface area contributed by atoms with Crippen LogP contribution in [0.3, 0.4) is 0 Å². The number of nitrogens with zero attached hydrogens (tertiary/aromatic N) is 1. The first-order chi connectivity index (χ1) is 14.5. The Hall–Kier alpha value is -3.87. The average Bonchev–Trinajstić information content (AvgIpc) is 2.78. The van der Waals surface area contributed by atoms with Crippen LogP contribution in [-0.2, 0) is 11.3 Å². The van der Waals surface area contributed by atoms with E-state index in [1.54, 1.807) is 38.3 Å². The largest absolute Gasteiger partial charge is 0.497 e. The number of non-ortho nitro benzene ring substituents is 1. The van der Waals surface area contributed by atoms with Crippen molar-refractivity contribution < 1.29 is 19.2 Å². The number of hydrogen-bond donors (Lipinski definition) is 1. The molecular formula is C23H22N2O5. The molecule has 0 aliphatic rings. The minimum Gasteiger partial charge on any atom is -0.497 e. The Balaban J connectivity index is 1.79. The fourth-order valence-electron chi connectivity index (χ4n) is 2.90. The SMILES string of the molecule is COc1ccc(-c2cc([N+](=O)[O-])ccc2OC(C)C(=O)NCc2ccccc2)cc1. The molecule has 154 valence electrons. The van der Waals surface area contributed by atoms with Gasteiger partial charge < -0.3 is 14.8 Å². The van der Waals surface area contributed by atoms with E-state index >= 15 is 0 Å². The van der Waals surface area contributed by atoms with E-state index in [1.165, 1.54) is 18.2 Å². The average molecular weight is 406 g/mol. The van der Waals surface area contributed by atoms with Crippen LogP contribution in [-0.4, -0.2) is 24.0 Å². The van der Waals surface area contributed by atoms with Crippen molar-refractivity contribution in [2.45, 2.75) is 19.6 Å². The normalized spacial score (nSPS) is 11.4. The molecule has 3 aromatic carbocycles. The first-order valence-electron chi connectivity index (χ1n) is 9.39. The van der Waals surface area contributed by atoms with E-state index in [-0.39, 0.29) is 11.6 Å². The van der Waals surface area contributed by atoms with Gasteiger partial charge in [0.25, 0.3) is 11.6 Å². The topological polar surface area (TPSA) is 90.7 Å². The summed E-state index contributed by atoms with van der Waals surface area (Å²) >= 11 is 0. The summed E-state index contributed by atoms with van der Waals surface area (Å²) in [6, 6.07) is 20.9. The minimum absolute atomic E-state index is 0.0608. The molecule has 3 aromatic rings. The van der Waals surface area contributed by atoms with Crippen molar-refractivity contribution in [1.29, 1.82) is 0 Å². The van der Waals surface area contributed by atoms with Gasteiger partial charge in [0.1, 0.15) is 11.5 Å². The first-order valence-corrected chi connectivity index (χ1v) is 9.39. The van der Waals surface area contributed by atoms with Gasteiger partial charge in [0.15, 0.2) is 6.10 Å². The van der Waals surface area contributed by atoms with Gasteiger partial charge in [-0.1, -0.05) is 42.5 Å². The summed E-state index contributed by atoms with van der Waals surface area (Å²) in [5.41, 5.74) is 2.16. The summed E-state index contributed by atoms with van der Waals surface area (Å²) in [7, 11) is 1.56. The fraction of sp³-hybridized carbons (Fsp3) is 0.174. The van der Waals surface area contributed by atoms with Gasteiger partial charge in [-0.25, -0.2) is 0 Å². The second-order valence-corrected chi connectivity index (χ2v) is 6.63. The number of nitro benzene ring substituents is 1. The molecule has 3 rings (SSSR count). The maximum atomic E-state index is 12.5. The highest BCUT2D eigenvalue weighted by molar-refractivity contribution is 5.81. The van der Waals surface area contributed by atoms with Gasteiger partial charge >= 0.3 is 0 Å². The quantitative estimate of drug-likeness (QED) is 0.443. The lowest BCUT2D eigenvalue weighted by atomic mass is 10.0. The highest BCUT2D eigenvalue weighted by Gasteiger charge is 2.19. The van der Waals surface area contributed by atoms with E-state index in [4.69, 9.17) is 9.47 Å². The monoisotopic (exact) mass is 406 g/mol. The van der Waals surface area contributed by atoms with Gasteiger partial charge in [-0.2, -0.15) is 0 Å². The molecule has 0 aliphatic heterocycles. The molecule has 0 saturated carbocycles. The second kappa shape index (κ2) is 9.56. The van der Waals surface area contributed by atoms with Crippen molar-refractivity contribution in [2.75, 3.05) is 7.11 Å². The van der Waals surface area contributed by atoms with Crippen LogP contribution in [0.2, 0.25) is 0 Å². The Morgan fingerprint density at radius 1 is 1.07 bits per heavy atom. The van der Waals surface area contributed by atoms with Gasteiger partial charge in [0, 0.05) is 24.2 Å². The number of methoxy groups -OCH3 is 1. The van der Waals surface area contributed by atoms with Gasteiger partial charge in [0.05, 0.1) is 12.0 Å². The lowest BCUT2D eigenvalue weighted by molar-refractivity contribution is -0.384. The third kappa shape index (κ3) is 5.14. The molecule has 1 atom stereocenters. The van der Waals surface area contributed by atoms with Crippen LogP contribution in [0.25, 0.3) is 11.1 Å². The van der Waals surface area contributed by atoms with Crippen LogP contribution >= 0.6 is 0 Å². The molecule has 7 heteroatoms. The zero-order valence-electron chi connectivity index (χ0n) is 16.7. The van der Waals surface area contributed by atoms with Crippen LogP contribution in [0.5, 0.6) is 11.5 Å². The molecule has 0 saturated heterocycles. The maximum absolute atomic E-state index is 12.5. The molecular weight excluding hydrogens is 384 g/mol. The smallest absolute Gasteiger partial charge is 0.270 e. The van der Waals surface area contributed by atoms with Crippen LogP contribution in [0, 0.1) is 10.1 Å². The maximum Gasteiger partial charge on any atom is 0.270 e. The third-order valence-corrected chi connectivity index (χ3v) is 4.56. The lowest BCUT2D eigenvalue weighted by Gasteiger charge is -2.17. The van der Waals surface area contributed by atoms with E-state index in [9.17, 15) is 14.9 Å². The molecule has 0 fully saturated rings. The van der Waals surface area contributed by atoms with Crippen molar-refractivity contribution in [3.8, 4) is 22.6 Å². The predicted octanol–water partition coefficient (Wildman–Crippen LogP) is 4.35. The summed E-state index contributed by atoms with van der Waals surface area (Å²) in [6.45, 7) is 2.03. The standard InChI is InChI=1S/C23H22N2O5/c1-16(23(26)24-15-17-6-4-3-5-7-17)30-22-13-10-19(25(27)28)14-21(22)18-8-11-20(29-2)12-9-18/h3-14,16H,15H2,1-2H3,(H,24,26). The van der Waals surface area contributed by atoms with E-state index < -0.39 is 11.0 Å². The van der Waals surface area contributed by atoms with Gasteiger partial charge in [-0.3, -0.25) is 14.9 Å². The van der Waals surface area contributed by atoms with Crippen LogP contribution in [0.15, 0.2) is 72.8 Å². The number of nitrogens with one attached hydrogen (secondary N) is 1. The van der Waals surface area contributed by atoms with E-state index in [0.29, 0.717) is 29.2 Å². The van der Waals surface area contributed by atoms with Crippen molar-refractivity contribution >= 4 is 11.6 Å². The third-order valence-electron chi connectivity index (χ3n) is 4.56. The number of benzene rings is 3. The van der Waals surface area contributed by atoms with Crippen molar-refractivity contribution in [1.82, 2.24) is 5.32 Å². The number of carbonyl (C=O) groups excluding carboxylic acids is 1. The summed E-state index contributed by atoms with van der Waals surface area (Å²) < 4.78 is 11.0. The number of ether oxygens (including phenoxy) is 2. The van der Waals surface area contributed by atoms with Crippen molar-refractivity contribution in [3.63, 3.8) is 0 Å². The molecule has 0 aromatic heterocycles. The van der Waals surface area contributed by atoms with Gasteiger partial charge in [-0.05, 0) is 36.2 Å². The minimum atomic E-state index is -0.785. The second-order valence-electron chi connectivity index (χ2n) is 6.63.